The van der Waals surface area contributed by atoms with E-state index in [0.717, 1.165) is 24.1 Å². The van der Waals surface area contributed by atoms with Crippen LogP contribution in [0.5, 0.6) is 0 Å². The molecule has 3 aromatic rings. The van der Waals surface area contributed by atoms with Crippen LogP contribution in [0.2, 0.25) is 0 Å². The Morgan fingerprint density at radius 1 is 1.20 bits per heavy atom. The number of benzene rings is 1. The summed E-state index contributed by atoms with van der Waals surface area (Å²) in [6.45, 7) is 4.09. The summed E-state index contributed by atoms with van der Waals surface area (Å²) in [5.74, 6) is 0.373. The molecule has 0 saturated heterocycles. The van der Waals surface area contributed by atoms with Crippen LogP contribution in [-0.4, -0.2) is 39.2 Å². The summed E-state index contributed by atoms with van der Waals surface area (Å²) in [4.78, 5) is 32.7. The second-order valence-electron chi connectivity index (χ2n) is 8.02. The average molecular weight is 442 g/mol. The molecule has 0 atom stereocenters. The van der Waals surface area contributed by atoms with Gasteiger partial charge in [-0.15, -0.1) is 11.3 Å². The van der Waals surface area contributed by atoms with Crippen molar-refractivity contribution in [3.63, 3.8) is 0 Å². The number of nitrogens with zero attached hydrogens (tertiary/aromatic N) is 3. The number of thioether (sulfide) groups is 1. The van der Waals surface area contributed by atoms with Gasteiger partial charge >= 0.3 is 0 Å². The Morgan fingerprint density at radius 2 is 1.97 bits per heavy atom. The summed E-state index contributed by atoms with van der Waals surface area (Å²) in [6, 6.07) is 8.18. The smallest absolute Gasteiger partial charge is 0.276 e. The molecule has 4 rings (SSSR count). The number of amides is 1. The fourth-order valence-electron chi connectivity index (χ4n) is 3.98. The van der Waals surface area contributed by atoms with E-state index in [0.29, 0.717) is 21.4 Å². The number of fused-ring (bicyclic) bond motifs is 1. The fraction of sp³-hybridized carbons (Fsp3) is 0.435. The summed E-state index contributed by atoms with van der Waals surface area (Å²) < 4.78 is 2.30. The normalized spacial score (nSPS) is 14.9. The first-order valence-electron chi connectivity index (χ1n) is 10.4. The van der Waals surface area contributed by atoms with Gasteiger partial charge in [0, 0.05) is 13.1 Å². The van der Waals surface area contributed by atoms with Crippen molar-refractivity contribution < 1.29 is 4.79 Å². The van der Waals surface area contributed by atoms with Crippen molar-refractivity contribution in [1.29, 1.82) is 0 Å². The molecule has 0 spiro atoms. The first kappa shape index (κ1) is 21.1. The topological polar surface area (TPSA) is 55.2 Å². The summed E-state index contributed by atoms with van der Waals surface area (Å²) >= 11 is 2.76. The van der Waals surface area contributed by atoms with Gasteiger partial charge < -0.3 is 4.90 Å². The minimum atomic E-state index is -0.0752. The predicted octanol–water partition coefficient (Wildman–Crippen LogP) is 4.95. The Bertz CT molecular complexity index is 1130. The molecule has 158 valence electrons. The lowest BCUT2D eigenvalue weighted by molar-refractivity contribution is -0.129. The minimum Gasteiger partial charge on any atom is -0.342 e. The minimum absolute atomic E-state index is 0.0752. The van der Waals surface area contributed by atoms with Gasteiger partial charge in [0.05, 0.1) is 17.0 Å². The predicted molar refractivity (Wildman–Crippen MR) is 125 cm³/mol. The third kappa shape index (κ3) is 4.18. The molecule has 1 aliphatic carbocycles. The van der Waals surface area contributed by atoms with E-state index in [2.05, 4.69) is 6.92 Å². The Hall–Kier alpha value is -2.12. The number of aryl methyl sites for hydroxylation is 2. The number of rotatable bonds is 5. The van der Waals surface area contributed by atoms with E-state index in [-0.39, 0.29) is 17.2 Å². The maximum absolute atomic E-state index is 13.3. The van der Waals surface area contributed by atoms with E-state index in [4.69, 9.17) is 4.98 Å². The molecule has 0 radical (unpaired) electrons. The zero-order valence-electron chi connectivity index (χ0n) is 17.7. The van der Waals surface area contributed by atoms with Crippen LogP contribution < -0.4 is 5.56 Å². The van der Waals surface area contributed by atoms with Gasteiger partial charge in [-0.05, 0) is 61.4 Å². The molecular weight excluding hydrogens is 414 g/mol. The molecule has 1 aromatic carbocycles. The fourth-order valence-corrected chi connectivity index (χ4v) is 5.68. The second-order valence-corrected chi connectivity index (χ2v) is 9.88. The van der Waals surface area contributed by atoms with E-state index >= 15 is 0 Å². The third-order valence-corrected chi connectivity index (χ3v) is 7.85. The molecule has 0 aliphatic heterocycles. The van der Waals surface area contributed by atoms with Crippen LogP contribution in [0.3, 0.4) is 0 Å². The van der Waals surface area contributed by atoms with Crippen molar-refractivity contribution in [2.24, 2.45) is 0 Å². The number of thiophene rings is 1. The molecule has 2 aromatic heterocycles. The molecule has 1 fully saturated rings. The van der Waals surface area contributed by atoms with Crippen molar-refractivity contribution in [2.75, 3.05) is 12.8 Å². The van der Waals surface area contributed by atoms with Crippen LogP contribution in [0.4, 0.5) is 0 Å². The highest BCUT2D eigenvalue weighted by molar-refractivity contribution is 7.99. The van der Waals surface area contributed by atoms with Gasteiger partial charge in [-0.2, -0.15) is 0 Å². The molecule has 5 nitrogen and oxygen atoms in total. The lowest BCUT2D eigenvalue weighted by Crippen LogP contribution is -2.39. The van der Waals surface area contributed by atoms with Crippen LogP contribution in [0.25, 0.3) is 15.9 Å². The lowest BCUT2D eigenvalue weighted by Gasteiger charge is -2.31. The quantitative estimate of drug-likeness (QED) is 0.415. The standard InChI is InChI=1S/C23H27N3O2S2/c1-15-9-10-18(13-16(15)2)26-22(28)21-19(11-12-29-21)24-23(26)30-14-20(27)25(3)17-7-5-4-6-8-17/h9-13,17H,4-8,14H2,1-3H3. The highest BCUT2D eigenvalue weighted by Gasteiger charge is 2.23. The van der Waals surface area contributed by atoms with E-state index in [1.54, 1.807) is 4.57 Å². The maximum Gasteiger partial charge on any atom is 0.276 e. The summed E-state index contributed by atoms with van der Waals surface area (Å²) in [5.41, 5.74) is 3.71. The number of aromatic nitrogens is 2. The van der Waals surface area contributed by atoms with Gasteiger partial charge in [-0.25, -0.2) is 4.98 Å². The van der Waals surface area contributed by atoms with E-state index < -0.39 is 0 Å². The first-order valence-corrected chi connectivity index (χ1v) is 12.3. The molecule has 0 unspecified atom stereocenters. The van der Waals surface area contributed by atoms with Crippen LogP contribution in [-0.2, 0) is 4.79 Å². The number of carbonyl (C=O) groups excluding carboxylic acids is 1. The van der Waals surface area contributed by atoms with Gasteiger partial charge in [-0.3, -0.25) is 14.2 Å². The Labute approximate surface area is 185 Å². The van der Waals surface area contributed by atoms with E-state index in [1.165, 1.54) is 47.9 Å². The summed E-state index contributed by atoms with van der Waals surface area (Å²) in [5, 5.41) is 2.46. The van der Waals surface area contributed by atoms with Crippen LogP contribution in [0, 0.1) is 13.8 Å². The van der Waals surface area contributed by atoms with Crippen LogP contribution in [0.1, 0.15) is 43.2 Å². The zero-order chi connectivity index (χ0) is 21.3. The van der Waals surface area contributed by atoms with Crippen molar-refractivity contribution in [3.8, 4) is 5.69 Å². The van der Waals surface area contributed by atoms with Gasteiger partial charge in [0.25, 0.3) is 5.56 Å². The van der Waals surface area contributed by atoms with Gasteiger partial charge in [0.1, 0.15) is 4.70 Å². The van der Waals surface area contributed by atoms with Crippen molar-refractivity contribution >= 4 is 39.2 Å². The Morgan fingerprint density at radius 3 is 2.70 bits per heavy atom. The van der Waals surface area contributed by atoms with Gasteiger partial charge in [0.2, 0.25) is 5.91 Å². The highest BCUT2D eigenvalue weighted by Crippen LogP contribution is 2.26. The molecular formula is C23H27N3O2S2. The summed E-state index contributed by atoms with van der Waals surface area (Å²) in [7, 11) is 1.91. The summed E-state index contributed by atoms with van der Waals surface area (Å²) in [6.07, 6.45) is 5.81. The number of hydrogen-bond donors (Lipinski definition) is 0. The molecule has 1 amide bonds. The average Bonchev–Trinajstić information content (AvgIpc) is 3.23. The van der Waals surface area contributed by atoms with Gasteiger partial charge in [-0.1, -0.05) is 37.1 Å². The molecule has 0 bridgehead atoms. The third-order valence-electron chi connectivity index (χ3n) is 6.04. The second kappa shape index (κ2) is 8.94. The molecule has 2 heterocycles. The van der Waals surface area contributed by atoms with Crippen LogP contribution >= 0.6 is 23.1 Å². The molecule has 1 aliphatic rings. The maximum atomic E-state index is 13.3. The van der Waals surface area contributed by atoms with E-state index in [9.17, 15) is 9.59 Å². The lowest BCUT2D eigenvalue weighted by atomic mass is 9.94. The SMILES string of the molecule is Cc1ccc(-n2c(SCC(=O)N(C)C3CCCCC3)nc3ccsc3c2=O)cc1C. The Kier molecular flexibility index (Phi) is 6.29. The largest absolute Gasteiger partial charge is 0.342 e. The van der Waals surface area contributed by atoms with Crippen molar-refractivity contribution in [1.82, 2.24) is 14.5 Å². The zero-order valence-corrected chi connectivity index (χ0v) is 19.3. The highest BCUT2D eigenvalue weighted by atomic mass is 32.2. The number of carbonyl (C=O) groups is 1. The Balaban J connectivity index is 1.65. The van der Waals surface area contributed by atoms with Gasteiger partial charge in [0.15, 0.2) is 5.16 Å². The van der Waals surface area contributed by atoms with E-state index in [1.807, 2.05) is 48.5 Å². The molecule has 30 heavy (non-hydrogen) atoms. The molecule has 0 N–H and O–H groups in total. The van der Waals surface area contributed by atoms with Crippen LogP contribution in [0.15, 0.2) is 39.6 Å². The molecule has 7 heteroatoms. The first-order chi connectivity index (χ1) is 14.5. The monoisotopic (exact) mass is 441 g/mol. The van der Waals surface area contributed by atoms with Crippen molar-refractivity contribution in [3.05, 3.63) is 51.1 Å². The molecule has 1 saturated carbocycles. The number of hydrogen-bond acceptors (Lipinski definition) is 5. The van der Waals surface area contributed by atoms with Crippen molar-refractivity contribution in [2.45, 2.75) is 57.1 Å².